The number of hydrogen-bond acceptors (Lipinski definition) is 3. The number of amides is 1. The normalized spacial score (nSPS) is 13.9. The molecule has 90 valence electrons. The van der Waals surface area contributed by atoms with E-state index >= 15 is 0 Å². The van der Waals surface area contributed by atoms with Crippen molar-refractivity contribution in [1.82, 2.24) is 9.62 Å². The minimum Gasteiger partial charge on any atom is -0.353 e. The maximum atomic E-state index is 11.4. The van der Waals surface area contributed by atoms with Crippen LogP contribution in [0.1, 0.15) is 27.2 Å². The summed E-state index contributed by atoms with van der Waals surface area (Å²) < 4.78 is 23.7. The van der Waals surface area contributed by atoms with Crippen molar-refractivity contribution in [2.75, 3.05) is 19.3 Å². The van der Waals surface area contributed by atoms with Crippen LogP contribution in [0.3, 0.4) is 0 Å². The third kappa shape index (κ3) is 5.13. The molecule has 0 aromatic rings. The number of likely N-dealkylation sites (N-methyl/N-ethyl adjacent to an activating group) is 1. The van der Waals surface area contributed by atoms with Crippen LogP contribution in [-0.4, -0.2) is 44.0 Å². The van der Waals surface area contributed by atoms with Crippen LogP contribution in [0, 0.1) is 0 Å². The summed E-state index contributed by atoms with van der Waals surface area (Å²) >= 11 is 0. The zero-order chi connectivity index (χ0) is 12.1. The summed E-state index contributed by atoms with van der Waals surface area (Å²) in [6.45, 7) is 5.28. The minimum atomic E-state index is -3.26. The third-order valence-electron chi connectivity index (χ3n) is 2.23. The molecule has 0 rings (SSSR count). The van der Waals surface area contributed by atoms with Gasteiger partial charge in [-0.15, -0.1) is 0 Å². The molecular weight excluding hydrogens is 216 g/mol. The lowest BCUT2D eigenvalue weighted by molar-refractivity contribution is -0.121. The van der Waals surface area contributed by atoms with Gasteiger partial charge in [0.05, 0.1) is 12.3 Å². The molecule has 1 N–H and O–H groups in total. The van der Waals surface area contributed by atoms with Crippen LogP contribution in [0.25, 0.3) is 0 Å². The number of carbonyl (C=O) groups excluding carboxylic acids is 1. The van der Waals surface area contributed by atoms with Gasteiger partial charge in [-0.1, -0.05) is 6.92 Å². The van der Waals surface area contributed by atoms with E-state index in [-0.39, 0.29) is 24.2 Å². The molecule has 1 amide bonds. The van der Waals surface area contributed by atoms with Gasteiger partial charge in [0, 0.05) is 13.1 Å². The van der Waals surface area contributed by atoms with Crippen molar-refractivity contribution in [3.8, 4) is 0 Å². The molecule has 0 fully saturated rings. The molecule has 0 aromatic carbocycles. The Balaban J connectivity index is 4.19. The summed E-state index contributed by atoms with van der Waals surface area (Å²) in [5, 5.41) is 2.71. The Bertz CT molecular complexity index is 300. The Morgan fingerprint density at radius 2 is 1.93 bits per heavy atom. The van der Waals surface area contributed by atoms with Crippen LogP contribution in [0.4, 0.5) is 0 Å². The van der Waals surface area contributed by atoms with Gasteiger partial charge in [-0.25, -0.2) is 8.42 Å². The van der Waals surface area contributed by atoms with E-state index in [0.29, 0.717) is 0 Å². The Morgan fingerprint density at radius 1 is 1.40 bits per heavy atom. The largest absolute Gasteiger partial charge is 0.353 e. The molecule has 0 radical (unpaired) electrons. The fourth-order valence-electron chi connectivity index (χ4n) is 0.943. The molecule has 5 nitrogen and oxygen atoms in total. The summed E-state index contributed by atoms with van der Waals surface area (Å²) in [5.74, 6) is -0.246. The van der Waals surface area contributed by atoms with Crippen molar-refractivity contribution < 1.29 is 13.2 Å². The number of hydrogen-bond donors (Lipinski definition) is 1. The van der Waals surface area contributed by atoms with Crippen molar-refractivity contribution in [3.63, 3.8) is 0 Å². The van der Waals surface area contributed by atoms with E-state index < -0.39 is 10.0 Å². The quantitative estimate of drug-likeness (QED) is 0.715. The second-order valence-electron chi connectivity index (χ2n) is 3.53. The van der Waals surface area contributed by atoms with Gasteiger partial charge in [0.25, 0.3) is 0 Å². The summed E-state index contributed by atoms with van der Waals surface area (Å²) in [6, 6.07) is 0.0789. The first-order chi connectivity index (χ1) is 6.83. The first-order valence-corrected chi connectivity index (χ1v) is 6.67. The van der Waals surface area contributed by atoms with Crippen molar-refractivity contribution in [2.45, 2.75) is 33.2 Å². The lowest BCUT2D eigenvalue weighted by Crippen LogP contribution is -2.41. The molecule has 0 aromatic heterocycles. The van der Waals surface area contributed by atoms with E-state index in [9.17, 15) is 13.2 Å². The molecule has 0 spiro atoms. The first-order valence-electron chi connectivity index (χ1n) is 5.06. The number of sulfonamides is 1. The molecule has 0 aliphatic rings. The van der Waals surface area contributed by atoms with E-state index in [2.05, 4.69) is 5.32 Å². The predicted octanol–water partition coefficient (Wildman–Crippen LogP) is 0.183. The Kier molecular flexibility index (Phi) is 5.82. The van der Waals surface area contributed by atoms with E-state index in [0.717, 1.165) is 10.7 Å². The van der Waals surface area contributed by atoms with Crippen molar-refractivity contribution in [1.29, 1.82) is 0 Å². The SMILES string of the molecule is CC[C@@H](C)NC(=O)CN(C)S(=O)(=O)CC. The maximum Gasteiger partial charge on any atom is 0.235 e. The van der Waals surface area contributed by atoms with Crippen LogP contribution in [0.2, 0.25) is 0 Å². The molecule has 0 aliphatic carbocycles. The lowest BCUT2D eigenvalue weighted by atomic mass is 10.2. The van der Waals surface area contributed by atoms with Crippen LogP contribution >= 0.6 is 0 Å². The van der Waals surface area contributed by atoms with Crippen LogP contribution < -0.4 is 5.32 Å². The summed E-state index contributed by atoms with van der Waals surface area (Å²) in [7, 11) is -1.85. The van der Waals surface area contributed by atoms with Crippen LogP contribution in [0.15, 0.2) is 0 Å². The number of rotatable bonds is 6. The average molecular weight is 236 g/mol. The highest BCUT2D eigenvalue weighted by molar-refractivity contribution is 7.89. The fourth-order valence-corrected chi connectivity index (χ4v) is 1.70. The third-order valence-corrected chi connectivity index (χ3v) is 4.03. The fraction of sp³-hybridized carbons (Fsp3) is 0.889. The monoisotopic (exact) mass is 236 g/mol. The summed E-state index contributed by atoms with van der Waals surface area (Å²) in [6.07, 6.45) is 0.829. The lowest BCUT2D eigenvalue weighted by Gasteiger charge is -2.17. The highest BCUT2D eigenvalue weighted by Gasteiger charge is 2.18. The van der Waals surface area contributed by atoms with Crippen molar-refractivity contribution in [2.24, 2.45) is 0 Å². The Hall–Kier alpha value is -0.620. The molecular formula is C9H20N2O3S. The van der Waals surface area contributed by atoms with Gasteiger partial charge in [0.15, 0.2) is 0 Å². The average Bonchev–Trinajstić information content (AvgIpc) is 2.17. The summed E-state index contributed by atoms with van der Waals surface area (Å²) in [4.78, 5) is 11.4. The number of nitrogens with one attached hydrogen (secondary N) is 1. The Morgan fingerprint density at radius 3 is 2.33 bits per heavy atom. The first kappa shape index (κ1) is 14.4. The van der Waals surface area contributed by atoms with Gasteiger partial charge < -0.3 is 5.32 Å². The highest BCUT2D eigenvalue weighted by atomic mass is 32.2. The molecule has 0 aliphatic heterocycles. The number of carbonyl (C=O) groups is 1. The van der Waals surface area contributed by atoms with Crippen molar-refractivity contribution in [3.05, 3.63) is 0 Å². The smallest absolute Gasteiger partial charge is 0.235 e. The van der Waals surface area contributed by atoms with Crippen LogP contribution in [0.5, 0.6) is 0 Å². The van der Waals surface area contributed by atoms with Gasteiger partial charge in [0.2, 0.25) is 15.9 Å². The zero-order valence-corrected chi connectivity index (χ0v) is 10.6. The van der Waals surface area contributed by atoms with Gasteiger partial charge in [-0.2, -0.15) is 4.31 Å². The molecule has 0 saturated carbocycles. The molecule has 1 atom stereocenters. The van der Waals surface area contributed by atoms with Crippen LogP contribution in [-0.2, 0) is 14.8 Å². The van der Waals surface area contributed by atoms with Gasteiger partial charge in [-0.05, 0) is 20.3 Å². The second kappa shape index (κ2) is 6.07. The standard InChI is InChI=1S/C9H20N2O3S/c1-5-8(3)10-9(12)7-11(4)15(13,14)6-2/h8H,5-7H2,1-4H3,(H,10,12)/t8-/m1/s1. The topological polar surface area (TPSA) is 66.5 Å². The molecule has 0 bridgehead atoms. The molecule has 0 saturated heterocycles. The second-order valence-corrected chi connectivity index (χ2v) is 5.90. The van der Waals surface area contributed by atoms with E-state index in [4.69, 9.17) is 0 Å². The summed E-state index contributed by atoms with van der Waals surface area (Å²) in [5.41, 5.74) is 0. The minimum absolute atomic E-state index is 0.0140. The van der Waals surface area contributed by atoms with E-state index in [1.807, 2.05) is 13.8 Å². The van der Waals surface area contributed by atoms with E-state index in [1.54, 1.807) is 6.92 Å². The van der Waals surface area contributed by atoms with E-state index in [1.165, 1.54) is 7.05 Å². The molecule has 6 heteroatoms. The van der Waals surface area contributed by atoms with Gasteiger partial charge in [0.1, 0.15) is 0 Å². The molecule has 0 heterocycles. The molecule has 15 heavy (non-hydrogen) atoms. The van der Waals surface area contributed by atoms with Crippen molar-refractivity contribution >= 4 is 15.9 Å². The molecule has 0 unspecified atom stereocenters. The predicted molar refractivity (Wildman–Crippen MR) is 60.0 cm³/mol. The van der Waals surface area contributed by atoms with Gasteiger partial charge in [-0.3, -0.25) is 4.79 Å². The van der Waals surface area contributed by atoms with Gasteiger partial charge >= 0.3 is 0 Å². The number of nitrogens with zero attached hydrogens (tertiary/aromatic N) is 1. The zero-order valence-electron chi connectivity index (χ0n) is 9.78. The Labute approximate surface area is 91.9 Å². The highest BCUT2D eigenvalue weighted by Crippen LogP contribution is 1.97. The maximum absolute atomic E-state index is 11.4.